The van der Waals surface area contributed by atoms with Gasteiger partial charge in [-0.15, -0.1) is 0 Å². The lowest BCUT2D eigenvalue weighted by atomic mass is 9.94. The number of aliphatic hydroxyl groups excluding tert-OH is 1. The van der Waals surface area contributed by atoms with Crippen LogP contribution in [0.4, 0.5) is 5.13 Å². The maximum atomic E-state index is 13.6. The first-order valence-corrected chi connectivity index (χ1v) is 12.8. The van der Waals surface area contributed by atoms with Crippen molar-refractivity contribution in [1.82, 2.24) is 4.98 Å². The molecule has 39 heavy (non-hydrogen) atoms. The minimum Gasteiger partial charge on any atom is -0.507 e. The van der Waals surface area contributed by atoms with E-state index in [1.54, 1.807) is 43.5 Å². The predicted octanol–water partition coefficient (Wildman–Crippen LogP) is 5.27. The molecule has 3 aromatic carbocycles. The predicted molar refractivity (Wildman–Crippen MR) is 148 cm³/mol. The normalized spacial score (nSPS) is 16.5. The summed E-state index contributed by atoms with van der Waals surface area (Å²) in [5.41, 5.74) is 2.42. The number of Topliss-reactive ketones (excluding diaryl/α,β-unsaturated/α-hetero) is 1. The first-order valence-electron chi connectivity index (χ1n) is 11.9. The number of hydrogen-bond acceptors (Lipinski definition) is 9. The molecule has 10 heteroatoms. The Labute approximate surface area is 228 Å². The van der Waals surface area contributed by atoms with Gasteiger partial charge in [0.05, 0.1) is 50.3 Å². The molecule has 1 saturated heterocycles. The van der Waals surface area contributed by atoms with Crippen molar-refractivity contribution in [2.45, 2.75) is 13.0 Å². The molecule has 0 bridgehead atoms. The van der Waals surface area contributed by atoms with Crippen molar-refractivity contribution in [2.24, 2.45) is 0 Å². The number of amides is 1. The third-order valence-corrected chi connectivity index (χ3v) is 7.58. The van der Waals surface area contributed by atoms with E-state index in [1.165, 1.54) is 37.6 Å². The number of anilines is 1. The van der Waals surface area contributed by atoms with Crippen LogP contribution >= 0.6 is 11.3 Å². The molecular weight excluding hydrogens is 520 g/mol. The molecule has 0 spiro atoms. The zero-order valence-corrected chi connectivity index (χ0v) is 22.8. The highest BCUT2D eigenvalue weighted by atomic mass is 32.1. The molecule has 1 aliphatic rings. The number of carbonyl (C=O) groups is 2. The molecule has 5 rings (SSSR count). The third-order valence-electron chi connectivity index (χ3n) is 6.56. The molecule has 200 valence electrons. The molecule has 0 saturated carbocycles. The number of nitrogens with zero attached hydrogens (tertiary/aromatic N) is 2. The summed E-state index contributed by atoms with van der Waals surface area (Å²) in [6.45, 7) is 1.92. The van der Waals surface area contributed by atoms with Crippen molar-refractivity contribution in [3.63, 3.8) is 0 Å². The summed E-state index contributed by atoms with van der Waals surface area (Å²) in [6, 6.07) is 14.7. The number of carbonyl (C=O) groups excluding carboxylic acids is 2. The van der Waals surface area contributed by atoms with Gasteiger partial charge in [-0.3, -0.25) is 14.5 Å². The number of ketones is 1. The van der Waals surface area contributed by atoms with Gasteiger partial charge in [0.25, 0.3) is 5.78 Å². The van der Waals surface area contributed by atoms with E-state index in [4.69, 9.17) is 18.9 Å². The number of ether oxygens (including phenoxy) is 4. The molecule has 0 aliphatic carbocycles. The number of aliphatic hydroxyl groups is 1. The van der Waals surface area contributed by atoms with E-state index in [2.05, 4.69) is 4.98 Å². The van der Waals surface area contributed by atoms with E-state index in [0.717, 1.165) is 10.3 Å². The Morgan fingerprint density at radius 3 is 2.15 bits per heavy atom. The summed E-state index contributed by atoms with van der Waals surface area (Å²) in [6.07, 6.45) is 0. The fourth-order valence-corrected chi connectivity index (χ4v) is 5.61. The number of rotatable bonds is 7. The van der Waals surface area contributed by atoms with Crippen LogP contribution in [0.1, 0.15) is 22.7 Å². The fourth-order valence-electron chi connectivity index (χ4n) is 4.59. The Hall–Kier alpha value is -4.57. The first kappa shape index (κ1) is 26.1. The molecule has 1 aromatic heterocycles. The molecule has 1 N–H and O–H groups in total. The summed E-state index contributed by atoms with van der Waals surface area (Å²) in [4.78, 5) is 33.1. The Morgan fingerprint density at radius 2 is 1.56 bits per heavy atom. The number of aryl methyl sites for hydroxylation is 1. The lowest BCUT2D eigenvalue weighted by Crippen LogP contribution is -2.29. The van der Waals surface area contributed by atoms with Crippen LogP contribution in [0.3, 0.4) is 0 Å². The summed E-state index contributed by atoms with van der Waals surface area (Å²) >= 11 is 1.24. The molecule has 4 aromatic rings. The molecule has 1 amide bonds. The van der Waals surface area contributed by atoms with Crippen molar-refractivity contribution in [3.8, 4) is 23.0 Å². The van der Waals surface area contributed by atoms with Crippen LogP contribution in [0.2, 0.25) is 0 Å². The molecule has 1 fully saturated rings. The Kier molecular flexibility index (Phi) is 6.88. The van der Waals surface area contributed by atoms with E-state index < -0.39 is 17.7 Å². The van der Waals surface area contributed by atoms with E-state index >= 15 is 0 Å². The monoisotopic (exact) mass is 546 g/mol. The van der Waals surface area contributed by atoms with Crippen molar-refractivity contribution >= 4 is 44.1 Å². The van der Waals surface area contributed by atoms with Crippen LogP contribution in [-0.2, 0) is 9.59 Å². The van der Waals surface area contributed by atoms with E-state index in [0.29, 0.717) is 44.8 Å². The van der Waals surface area contributed by atoms with Crippen LogP contribution in [-0.4, -0.2) is 50.2 Å². The zero-order valence-electron chi connectivity index (χ0n) is 22.0. The lowest BCUT2D eigenvalue weighted by molar-refractivity contribution is -0.132. The highest BCUT2D eigenvalue weighted by Crippen LogP contribution is 2.48. The molecule has 1 atom stereocenters. The van der Waals surface area contributed by atoms with Gasteiger partial charge < -0.3 is 24.1 Å². The Morgan fingerprint density at radius 1 is 0.897 bits per heavy atom. The van der Waals surface area contributed by atoms with Gasteiger partial charge in [0.1, 0.15) is 11.5 Å². The van der Waals surface area contributed by atoms with Crippen LogP contribution in [0, 0.1) is 6.92 Å². The molecule has 1 unspecified atom stereocenters. The Bertz CT molecular complexity index is 1600. The molecule has 9 nitrogen and oxygen atoms in total. The average Bonchev–Trinajstić information content (AvgIpc) is 3.49. The van der Waals surface area contributed by atoms with Crippen LogP contribution in [0.5, 0.6) is 23.0 Å². The van der Waals surface area contributed by atoms with Crippen molar-refractivity contribution in [2.75, 3.05) is 33.3 Å². The first-order chi connectivity index (χ1) is 18.8. The highest BCUT2D eigenvalue weighted by molar-refractivity contribution is 7.22. The Balaban J connectivity index is 1.77. The third kappa shape index (κ3) is 4.42. The standard InChI is InChI=1S/C29H26N2O7S/c1-15-6-8-16(9-7-15)25(32)23-24(17-12-20(36-3)27(38-5)21(13-17)37-4)31(28(34)26(23)33)29-30-19-11-10-18(35-2)14-22(19)39-29/h6-14,24,32H,1-5H3/b25-23+. The smallest absolute Gasteiger partial charge is 0.301 e. The second kappa shape index (κ2) is 10.3. The van der Waals surface area contributed by atoms with Crippen LogP contribution in [0.25, 0.3) is 16.0 Å². The van der Waals surface area contributed by atoms with E-state index in [-0.39, 0.29) is 11.3 Å². The molecule has 1 aliphatic heterocycles. The quantitative estimate of drug-likeness (QED) is 0.190. The van der Waals surface area contributed by atoms with Gasteiger partial charge in [0.15, 0.2) is 16.6 Å². The number of fused-ring (bicyclic) bond motifs is 1. The second-order valence-corrected chi connectivity index (χ2v) is 9.83. The molecular formula is C29H26N2O7S. The van der Waals surface area contributed by atoms with Gasteiger partial charge in [-0.25, -0.2) is 4.98 Å². The summed E-state index contributed by atoms with van der Waals surface area (Å²) in [7, 11) is 6.01. The number of aromatic nitrogens is 1. The largest absolute Gasteiger partial charge is 0.507 e. The second-order valence-electron chi connectivity index (χ2n) is 8.82. The van der Waals surface area contributed by atoms with Gasteiger partial charge >= 0.3 is 5.91 Å². The van der Waals surface area contributed by atoms with Crippen LogP contribution in [0.15, 0.2) is 60.2 Å². The zero-order chi connectivity index (χ0) is 27.8. The van der Waals surface area contributed by atoms with Gasteiger partial charge in [0, 0.05) is 5.56 Å². The van der Waals surface area contributed by atoms with Gasteiger partial charge in [0.2, 0.25) is 5.75 Å². The molecule has 2 heterocycles. The van der Waals surface area contributed by atoms with Gasteiger partial charge in [-0.05, 0) is 42.8 Å². The number of benzene rings is 3. The topological polar surface area (TPSA) is 107 Å². The summed E-state index contributed by atoms with van der Waals surface area (Å²) in [5.74, 6) is -0.273. The maximum absolute atomic E-state index is 13.6. The van der Waals surface area contributed by atoms with Crippen molar-refractivity contribution < 1.29 is 33.6 Å². The van der Waals surface area contributed by atoms with Crippen LogP contribution < -0.4 is 23.8 Å². The number of hydrogen-bond donors (Lipinski definition) is 1. The summed E-state index contributed by atoms with van der Waals surface area (Å²) in [5, 5.41) is 11.7. The minimum atomic E-state index is -1.03. The lowest BCUT2D eigenvalue weighted by Gasteiger charge is -2.24. The van der Waals surface area contributed by atoms with E-state index in [1.807, 2.05) is 25.1 Å². The van der Waals surface area contributed by atoms with Crippen molar-refractivity contribution in [3.05, 3.63) is 76.9 Å². The van der Waals surface area contributed by atoms with Gasteiger partial charge in [-0.2, -0.15) is 0 Å². The molecule has 0 radical (unpaired) electrons. The maximum Gasteiger partial charge on any atom is 0.301 e. The van der Waals surface area contributed by atoms with Gasteiger partial charge in [-0.1, -0.05) is 41.2 Å². The van der Waals surface area contributed by atoms with Crippen molar-refractivity contribution in [1.29, 1.82) is 0 Å². The number of thiazole rings is 1. The van der Waals surface area contributed by atoms with E-state index in [9.17, 15) is 14.7 Å². The minimum absolute atomic E-state index is 0.0741. The average molecular weight is 547 g/mol. The SMILES string of the molecule is COc1ccc2nc(N3C(=O)C(=O)/C(=C(/O)c4ccc(C)cc4)C3c3cc(OC)c(OC)c(OC)c3)sc2c1. The fraction of sp³-hybridized carbons (Fsp3) is 0.207. The number of methoxy groups -OCH3 is 4. The highest BCUT2D eigenvalue weighted by Gasteiger charge is 2.48. The summed E-state index contributed by atoms with van der Waals surface area (Å²) < 4.78 is 22.6.